The molecule has 0 bridgehead atoms. The SMILES string of the molecule is COCC(=O)N[C@]1(C)CCOC2(CCN(C(=O)c3n[nH]c4c3CCC4)CC2)[C@H]1O. The molecule has 2 saturated heterocycles. The van der Waals surface area contributed by atoms with Crippen molar-refractivity contribution in [3.05, 3.63) is 17.0 Å². The van der Waals surface area contributed by atoms with Gasteiger partial charge in [-0.15, -0.1) is 0 Å². The maximum absolute atomic E-state index is 13.0. The highest BCUT2D eigenvalue weighted by Crippen LogP contribution is 2.40. The van der Waals surface area contributed by atoms with Crippen LogP contribution in [0.4, 0.5) is 0 Å². The summed E-state index contributed by atoms with van der Waals surface area (Å²) in [4.78, 5) is 26.8. The number of fused-ring (bicyclic) bond motifs is 1. The number of amides is 2. The van der Waals surface area contributed by atoms with Crippen molar-refractivity contribution >= 4 is 11.8 Å². The van der Waals surface area contributed by atoms with E-state index in [2.05, 4.69) is 15.5 Å². The number of methoxy groups -OCH3 is 1. The van der Waals surface area contributed by atoms with Crippen LogP contribution in [-0.4, -0.2) is 82.7 Å². The van der Waals surface area contributed by atoms with Crippen molar-refractivity contribution in [1.82, 2.24) is 20.4 Å². The van der Waals surface area contributed by atoms with Gasteiger partial charge in [-0.1, -0.05) is 0 Å². The second kappa shape index (κ2) is 7.70. The molecule has 2 atom stereocenters. The lowest BCUT2D eigenvalue weighted by molar-refractivity contribution is -0.206. The summed E-state index contributed by atoms with van der Waals surface area (Å²) in [5, 5.41) is 21.3. The minimum absolute atomic E-state index is 0.0492. The van der Waals surface area contributed by atoms with Crippen LogP contribution in [0, 0.1) is 0 Å². The number of H-pyrrole nitrogens is 1. The highest BCUT2D eigenvalue weighted by molar-refractivity contribution is 5.94. The molecule has 1 aromatic heterocycles. The van der Waals surface area contributed by atoms with Crippen molar-refractivity contribution in [1.29, 1.82) is 0 Å². The van der Waals surface area contributed by atoms with E-state index in [-0.39, 0.29) is 18.4 Å². The molecule has 29 heavy (non-hydrogen) atoms. The van der Waals surface area contributed by atoms with Crippen LogP contribution in [0.1, 0.15) is 54.4 Å². The Bertz CT molecular complexity index is 786. The highest BCUT2D eigenvalue weighted by atomic mass is 16.5. The van der Waals surface area contributed by atoms with Gasteiger partial charge in [-0.25, -0.2) is 0 Å². The summed E-state index contributed by atoms with van der Waals surface area (Å²) in [6.07, 6.45) is 3.59. The van der Waals surface area contributed by atoms with Crippen LogP contribution in [0.2, 0.25) is 0 Å². The van der Waals surface area contributed by atoms with Crippen molar-refractivity contribution < 1.29 is 24.2 Å². The monoisotopic (exact) mass is 406 g/mol. The molecule has 3 heterocycles. The van der Waals surface area contributed by atoms with E-state index in [0.29, 0.717) is 44.7 Å². The first-order chi connectivity index (χ1) is 13.9. The largest absolute Gasteiger partial charge is 0.388 e. The summed E-state index contributed by atoms with van der Waals surface area (Å²) in [6, 6.07) is 0. The van der Waals surface area contributed by atoms with Gasteiger partial charge in [0.1, 0.15) is 12.7 Å². The third-order valence-corrected chi connectivity index (χ3v) is 6.72. The fraction of sp³-hybridized carbons (Fsp3) is 0.750. The maximum Gasteiger partial charge on any atom is 0.274 e. The second-order valence-corrected chi connectivity index (χ2v) is 8.64. The number of likely N-dealkylation sites (tertiary alicyclic amines) is 1. The number of aromatic amines is 1. The van der Waals surface area contributed by atoms with Gasteiger partial charge in [0, 0.05) is 38.1 Å². The third-order valence-electron chi connectivity index (χ3n) is 6.72. The molecule has 3 aliphatic rings. The Balaban J connectivity index is 1.43. The number of nitrogens with zero attached hydrogens (tertiary/aromatic N) is 2. The zero-order valence-corrected chi connectivity index (χ0v) is 17.1. The molecule has 2 aliphatic heterocycles. The number of carbonyl (C=O) groups excluding carboxylic acids is 2. The van der Waals surface area contributed by atoms with E-state index in [1.165, 1.54) is 7.11 Å². The molecule has 0 saturated carbocycles. The van der Waals surface area contributed by atoms with E-state index >= 15 is 0 Å². The molecule has 9 heteroatoms. The number of ether oxygens (including phenoxy) is 2. The van der Waals surface area contributed by atoms with Gasteiger partial charge in [-0.05, 0) is 45.4 Å². The zero-order valence-electron chi connectivity index (χ0n) is 17.1. The molecule has 2 fully saturated rings. The summed E-state index contributed by atoms with van der Waals surface area (Å²) in [7, 11) is 1.46. The number of hydrogen-bond donors (Lipinski definition) is 3. The van der Waals surface area contributed by atoms with E-state index in [1.807, 2.05) is 6.92 Å². The van der Waals surface area contributed by atoms with E-state index in [1.54, 1.807) is 4.90 Å². The number of nitrogens with one attached hydrogen (secondary N) is 2. The topological polar surface area (TPSA) is 117 Å². The number of aliphatic hydroxyl groups is 1. The Morgan fingerprint density at radius 2 is 2.10 bits per heavy atom. The van der Waals surface area contributed by atoms with Gasteiger partial charge in [0.2, 0.25) is 5.91 Å². The van der Waals surface area contributed by atoms with Gasteiger partial charge in [-0.2, -0.15) is 5.10 Å². The Hall–Kier alpha value is -1.97. The van der Waals surface area contributed by atoms with E-state index < -0.39 is 17.2 Å². The molecule has 1 aliphatic carbocycles. The fourth-order valence-corrected chi connectivity index (χ4v) is 5.03. The second-order valence-electron chi connectivity index (χ2n) is 8.64. The van der Waals surface area contributed by atoms with Crippen LogP contribution in [0.25, 0.3) is 0 Å². The quantitative estimate of drug-likeness (QED) is 0.657. The number of rotatable bonds is 4. The average molecular weight is 406 g/mol. The molecule has 0 aromatic carbocycles. The van der Waals surface area contributed by atoms with Gasteiger partial charge in [0.25, 0.3) is 5.91 Å². The minimum atomic E-state index is -0.864. The van der Waals surface area contributed by atoms with Crippen LogP contribution in [0.3, 0.4) is 0 Å². The Labute approximate surface area is 170 Å². The molecule has 1 spiro atoms. The Morgan fingerprint density at radius 1 is 1.34 bits per heavy atom. The molecule has 1 aromatic rings. The highest BCUT2D eigenvalue weighted by Gasteiger charge is 2.54. The molecule has 0 unspecified atom stereocenters. The van der Waals surface area contributed by atoms with Crippen molar-refractivity contribution in [3.63, 3.8) is 0 Å². The third kappa shape index (κ3) is 3.55. The van der Waals surface area contributed by atoms with Crippen molar-refractivity contribution in [2.45, 2.75) is 62.7 Å². The minimum Gasteiger partial charge on any atom is -0.388 e. The normalized spacial score (nSPS) is 28.4. The van der Waals surface area contributed by atoms with E-state index in [9.17, 15) is 14.7 Å². The number of aromatic nitrogens is 2. The molecular weight excluding hydrogens is 376 g/mol. The van der Waals surface area contributed by atoms with Gasteiger partial charge < -0.3 is 24.8 Å². The lowest BCUT2D eigenvalue weighted by Gasteiger charge is -2.53. The van der Waals surface area contributed by atoms with Gasteiger partial charge >= 0.3 is 0 Å². The van der Waals surface area contributed by atoms with Gasteiger partial charge in [-0.3, -0.25) is 14.7 Å². The van der Waals surface area contributed by atoms with Crippen molar-refractivity contribution in [2.75, 3.05) is 33.4 Å². The van der Waals surface area contributed by atoms with Crippen molar-refractivity contribution in [2.24, 2.45) is 0 Å². The maximum atomic E-state index is 13.0. The van der Waals surface area contributed by atoms with Crippen molar-refractivity contribution in [3.8, 4) is 0 Å². The summed E-state index contributed by atoms with van der Waals surface area (Å²) in [5.41, 5.74) is 1.11. The van der Waals surface area contributed by atoms with Gasteiger partial charge in [0.15, 0.2) is 5.69 Å². The molecule has 9 nitrogen and oxygen atoms in total. The summed E-state index contributed by atoms with van der Waals surface area (Å²) >= 11 is 0. The first-order valence-electron chi connectivity index (χ1n) is 10.4. The fourth-order valence-electron chi connectivity index (χ4n) is 5.03. The molecule has 3 N–H and O–H groups in total. The van der Waals surface area contributed by atoms with Crippen LogP contribution >= 0.6 is 0 Å². The standard InChI is InChI=1S/C20H30N4O5/c1-19(21-15(25)12-28-2)8-11-29-20(18(19)27)6-9-24(10-7-20)17(26)16-13-4-3-5-14(13)22-23-16/h18,27H,3-12H2,1-2H3,(H,21,25)(H,22,23)/t18-,19+/m0/s1. The van der Waals surface area contributed by atoms with E-state index in [4.69, 9.17) is 9.47 Å². The van der Waals surface area contributed by atoms with Crippen LogP contribution in [0.15, 0.2) is 0 Å². The summed E-state index contributed by atoms with van der Waals surface area (Å²) in [6.45, 7) is 3.22. The predicted octanol–water partition coefficient (Wildman–Crippen LogP) is 0.176. The zero-order chi connectivity index (χ0) is 20.6. The lowest BCUT2D eigenvalue weighted by atomic mass is 9.73. The number of aliphatic hydroxyl groups excluding tert-OH is 1. The first kappa shape index (κ1) is 20.3. The number of carbonyl (C=O) groups is 2. The molecule has 160 valence electrons. The van der Waals surface area contributed by atoms with Crippen LogP contribution in [0.5, 0.6) is 0 Å². The molecule has 0 radical (unpaired) electrons. The number of piperidine rings is 1. The summed E-state index contributed by atoms with van der Waals surface area (Å²) in [5.74, 6) is -0.313. The molecular formula is C20H30N4O5. The average Bonchev–Trinajstić information content (AvgIpc) is 3.30. The predicted molar refractivity (Wildman–Crippen MR) is 103 cm³/mol. The van der Waals surface area contributed by atoms with Crippen LogP contribution in [-0.2, 0) is 27.1 Å². The lowest BCUT2D eigenvalue weighted by Crippen LogP contribution is -2.69. The Kier molecular flexibility index (Phi) is 5.39. The number of hydrogen-bond acceptors (Lipinski definition) is 6. The molecule has 4 rings (SSSR count). The smallest absolute Gasteiger partial charge is 0.274 e. The number of aryl methyl sites for hydroxylation is 1. The van der Waals surface area contributed by atoms with Gasteiger partial charge in [0.05, 0.1) is 11.1 Å². The van der Waals surface area contributed by atoms with Crippen LogP contribution < -0.4 is 5.32 Å². The summed E-state index contributed by atoms with van der Waals surface area (Å²) < 4.78 is 10.9. The Morgan fingerprint density at radius 3 is 2.83 bits per heavy atom. The molecule has 2 amide bonds. The first-order valence-corrected chi connectivity index (χ1v) is 10.4. The van der Waals surface area contributed by atoms with E-state index in [0.717, 1.165) is 30.5 Å².